The molecule has 0 fully saturated rings. The van der Waals surface area contributed by atoms with E-state index in [1.165, 1.54) is 48.9 Å². The van der Waals surface area contributed by atoms with E-state index in [1.807, 2.05) is 0 Å². The SMILES string of the molecule is CCCCCCc1c[nH]c(-c2ccccc2)c1. The maximum atomic E-state index is 3.36. The first-order valence-corrected chi connectivity index (χ1v) is 6.63. The summed E-state index contributed by atoms with van der Waals surface area (Å²) in [5, 5.41) is 0. The number of aromatic nitrogens is 1. The van der Waals surface area contributed by atoms with Gasteiger partial charge in [-0.1, -0.05) is 56.5 Å². The first kappa shape index (κ1) is 12.0. The molecule has 1 aromatic carbocycles. The molecule has 0 bridgehead atoms. The maximum absolute atomic E-state index is 3.36. The van der Waals surface area contributed by atoms with E-state index >= 15 is 0 Å². The average molecular weight is 227 g/mol. The number of unbranched alkanes of at least 4 members (excludes halogenated alkanes) is 3. The number of nitrogens with one attached hydrogen (secondary N) is 1. The normalized spacial score (nSPS) is 10.6. The molecule has 1 heteroatoms. The Morgan fingerprint density at radius 3 is 2.59 bits per heavy atom. The fraction of sp³-hybridized carbons (Fsp3) is 0.375. The largest absolute Gasteiger partial charge is 0.361 e. The lowest BCUT2D eigenvalue weighted by molar-refractivity contribution is 0.667. The highest BCUT2D eigenvalue weighted by Crippen LogP contribution is 2.19. The maximum Gasteiger partial charge on any atom is 0.0456 e. The van der Waals surface area contributed by atoms with E-state index in [2.05, 4.69) is 54.5 Å². The van der Waals surface area contributed by atoms with Crippen LogP contribution < -0.4 is 0 Å². The fourth-order valence-electron chi connectivity index (χ4n) is 2.12. The molecule has 1 N–H and O–H groups in total. The molecule has 0 amide bonds. The zero-order valence-corrected chi connectivity index (χ0v) is 10.6. The minimum atomic E-state index is 1.20. The van der Waals surface area contributed by atoms with Gasteiger partial charge in [0.1, 0.15) is 0 Å². The molecule has 0 spiro atoms. The molecule has 0 unspecified atom stereocenters. The summed E-state index contributed by atoms with van der Waals surface area (Å²) >= 11 is 0. The number of hydrogen-bond donors (Lipinski definition) is 1. The summed E-state index contributed by atoms with van der Waals surface area (Å²) < 4.78 is 0. The monoisotopic (exact) mass is 227 g/mol. The summed E-state index contributed by atoms with van der Waals surface area (Å²) in [6, 6.07) is 12.8. The first-order valence-electron chi connectivity index (χ1n) is 6.63. The van der Waals surface area contributed by atoms with E-state index in [-0.39, 0.29) is 0 Å². The topological polar surface area (TPSA) is 15.8 Å². The van der Waals surface area contributed by atoms with Crippen LogP contribution in [0.1, 0.15) is 38.2 Å². The van der Waals surface area contributed by atoms with Crippen LogP contribution in [0.25, 0.3) is 11.3 Å². The van der Waals surface area contributed by atoms with Gasteiger partial charge in [-0.2, -0.15) is 0 Å². The highest BCUT2D eigenvalue weighted by Gasteiger charge is 2.01. The number of aromatic amines is 1. The fourth-order valence-corrected chi connectivity index (χ4v) is 2.12. The smallest absolute Gasteiger partial charge is 0.0456 e. The van der Waals surface area contributed by atoms with Crippen LogP contribution in [0.3, 0.4) is 0 Å². The second-order valence-corrected chi connectivity index (χ2v) is 4.60. The lowest BCUT2D eigenvalue weighted by atomic mass is 10.1. The Bertz CT molecular complexity index is 428. The quantitative estimate of drug-likeness (QED) is 0.682. The van der Waals surface area contributed by atoms with Crippen LogP contribution in [0, 0.1) is 0 Å². The molecular formula is C16H21N. The summed E-state index contributed by atoms with van der Waals surface area (Å²) in [5.74, 6) is 0. The van der Waals surface area contributed by atoms with E-state index in [1.54, 1.807) is 0 Å². The number of rotatable bonds is 6. The Labute approximate surface area is 104 Å². The number of hydrogen-bond acceptors (Lipinski definition) is 0. The zero-order valence-electron chi connectivity index (χ0n) is 10.6. The lowest BCUT2D eigenvalue weighted by Gasteiger charge is -1.97. The number of aryl methyl sites for hydroxylation is 1. The predicted octanol–water partition coefficient (Wildman–Crippen LogP) is 4.80. The van der Waals surface area contributed by atoms with Gasteiger partial charge in [0.2, 0.25) is 0 Å². The van der Waals surface area contributed by atoms with Crippen molar-refractivity contribution < 1.29 is 0 Å². The summed E-state index contributed by atoms with van der Waals surface area (Å²) in [6.07, 6.45) is 8.66. The van der Waals surface area contributed by atoms with E-state index in [0.717, 1.165) is 0 Å². The van der Waals surface area contributed by atoms with Crippen molar-refractivity contribution in [2.45, 2.75) is 39.0 Å². The molecule has 1 nitrogen and oxygen atoms in total. The van der Waals surface area contributed by atoms with E-state index < -0.39 is 0 Å². The minimum Gasteiger partial charge on any atom is -0.361 e. The number of H-pyrrole nitrogens is 1. The van der Waals surface area contributed by atoms with Gasteiger partial charge in [0, 0.05) is 11.9 Å². The molecular weight excluding hydrogens is 206 g/mol. The van der Waals surface area contributed by atoms with Crippen molar-refractivity contribution in [2.24, 2.45) is 0 Å². The Balaban J connectivity index is 1.92. The van der Waals surface area contributed by atoms with Crippen LogP contribution in [0.5, 0.6) is 0 Å². The summed E-state index contributed by atoms with van der Waals surface area (Å²) in [5.41, 5.74) is 3.93. The average Bonchev–Trinajstić information content (AvgIpc) is 2.85. The Kier molecular flexibility index (Phi) is 4.43. The van der Waals surface area contributed by atoms with Gasteiger partial charge in [0.15, 0.2) is 0 Å². The van der Waals surface area contributed by atoms with Crippen LogP contribution in [0.4, 0.5) is 0 Å². The predicted molar refractivity (Wildman–Crippen MR) is 74.1 cm³/mol. The second kappa shape index (κ2) is 6.29. The third-order valence-corrected chi connectivity index (χ3v) is 3.15. The van der Waals surface area contributed by atoms with Crippen molar-refractivity contribution in [3.8, 4) is 11.3 Å². The van der Waals surface area contributed by atoms with Crippen LogP contribution in [-0.4, -0.2) is 4.98 Å². The molecule has 17 heavy (non-hydrogen) atoms. The molecule has 0 saturated carbocycles. The molecule has 1 heterocycles. The van der Waals surface area contributed by atoms with Gasteiger partial charge < -0.3 is 4.98 Å². The number of benzene rings is 1. The van der Waals surface area contributed by atoms with Gasteiger partial charge >= 0.3 is 0 Å². The van der Waals surface area contributed by atoms with Crippen LogP contribution >= 0.6 is 0 Å². The van der Waals surface area contributed by atoms with Gasteiger partial charge in [0.25, 0.3) is 0 Å². The van der Waals surface area contributed by atoms with E-state index in [4.69, 9.17) is 0 Å². The van der Waals surface area contributed by atoms with Crippen LogP contribution in [0.2, 0.25) is 0 Å². The second-order valence-electron chi connectivity index (χ2n) is 4.60. The third kappa shape index (κ3) is 3.48. The lowest BCUT2D eigenvalue weighted by Crippen LogP contribution is -1.82. The molecule has 90 valence electrons. The highest BCUT2D eigenvalue weighted by molar-refractivity contribution is 5.60. The molecule has 0 atom stereocenters. The van der Waals surface area contributed by atoms with E-state index in [0.29, 0.717) is 0 Å². The Morgan fingerprint density at radius 2 is 1.82 bits per heavy atom. The van der Waals surface area contributed by atoms with Crippen molar-refractivity contribution in [3.63, 3.8) is 0 Å². The Hall–Kier alpha value is -1.50. The van der Waals surface area contributed by atoms with Crippen molar-refractivity contribution in [1.29, 1.82) is 0 Å². The Morgan fingerprint density at radius 1 is 1.00 bits per heavy atom. The third-order valence-electron chi connectivity index (χ3n) is 3.15. The highest BCUT2D eigenvalue weighted by atomic mass is 14.7. The molecule has 0 radical (unpaired) electrons. The van der Waals surface area contributed by atoms with Crippen molar-refractivity contribution in [2.75, 3.05) is 0 Å². The molecule has 0 aliphatic heterocycles. The molecule has 0 aliphatic rings. The summed E-state index contributed by atoms with van der Waals surface area (Å²) in [7, 11) is 0. The first-order chi connectivity index (χ1) is 8.40. The van der Waals surface area contributed by atoms with Gasteiger partial charge in [0.05, 0.1) is 0 Å². The standard InChI is InChI=1S/C16H21N/c1-2-3-4-6-9-14-12-16(17-13-14)15-10-7-5-8-11-15/h5,7-8,10-13,17H,2-4,6,9H2,1H3. The zero-order chi connectivity index (χ0) is 11.9. The molecule has 2 aromatic rings. The molecule has 1 aromatic heterocycles. The van der Waals surface area contributed by atoms with Gasteiger partial charge in [-0.25, -0.2) is 0 Å². The molecule has 0 saturated heterocycles. The minimum absolute atomic E-state index is 1.20. The van der Waals surface area contributed by atoms with Crippen LogP contribution in [0.15, 0.2) is 42.6 Å². The van der Waals surface area contributed by atoms with Crippen molar-refractivity contribution in [1.82, 2.24) is 4.98 Å². The molecule has 2 rings (SSSR count). The van der Waals surface area contributed by atoms with Crippen LogP contribution in [-0.2, 0) is 6.42 Å². The van der Waals surface area contributed by atoms with Gasteiger partial charge in [-0.3, -0.25) is 0 Å². The summed E-state index contributed by atoms with van der Waals surface area (Å²) in [4.78, 5) is 3.36. The van der Waals surface area contributed by atoms with E-state index in [9.17, 15) is 0 Å². The summed E-state index contributed by atoms with van der Waals surface area (Å²) in [6.45, 7) is 2.25. The van der Waals surface area contributed by atoms with Crippen molar-refractivity contribution >= 4 is 0 Å². The molecule has 0 aliphatic carbocycles. The van der Waals surface area contributed by atoms with Gasteiger partial charge in [-0.15, -0.1) is 0 Å². The van der Waals surface area contributed by atoms with Gasteiger partial charge in [-0.05, 0) is 30.0 Å². The van der Waals surface area contributed by atoms with Crippen molar-refractivity contribution in [3.05, 3.63) is 48.2 Å².